The van der Waals surface area contributed by atoms with Crippen LogP contribution in [-0.2, 0) is 18.5 Å². The molecule has 24 heavy (non-hydrogen) atoms. The normalized spacial score (nSPS) is 11.8. The molecule has 2 nitrogen and oxygen atoms in total. The minimum Gasteiger partial charge on any atom is -0.392 e. The van der Waals surface area contributed by atoms with Crippen LogP contribution in [0.25, 0.3) is 10.9 Å². The number of fused-ring (bicyclic) bond motifs is 1. The highest BCUT2D eigenvalue weighted by Gasteiger charge is 2.30. The molecule has 6 heteroatoms. The van der Waals surface area contributed by atoms with Gasteiger partial charge in [-0.2, -0.15) is 13.2 Å². The molecule has 0 spiro atoms. The molecule has 3 aromatic rings. The number of hydrogen-bond acceptors (Lipinski definition) is 3. The molecular weight excluding hydrogens is 335 g/mol. The van der Waals surface area contributed by atoms with Crippen molar-refractivity contribution in [2.24, 2.45) is 0 Å². The van der Waals surface area contributed by atoms with Crippen LogP contribution in [-0.4, -0.2) is 10.1 Å². The largest absolute Gasteiger partial charge is 0.416 e. The fraction of sp³-hybridized carbons (Fsp3) is 0.167. The van der Waals surface area contributed by atoms with Gasteiger partial charge < -0.3 is 5.11 Å². The molecule has 0 fully saturated rings. The molecule has 0 amide bonds. The smallest absolute Gasteiger partial charge is 0.392 e. The van der Waals surface area contributed by atoms with Crippen LogP contribution in [0.4, 0.5) is 13.2 Å². The van der Waals surface area contributed by atoms with Crippen LogP contribution in [0.15, 0.2) is 59.6 Å². The maximum atomic E-state index is 12.8. The average Bonchev–Trinajstić information content (AvgIpc) is 2.59. The van der Waals surface area contributed by atoms with Crippen molar-refractivity contribution in [1.82, 2.24) is 4.98 Å². The zero-order valence-corrected chi connectivity index (χ0v) is 13.4. The van der Waals surface area contributed by atoms with Crippen LogP contribution in [0, 0.1) is 0 Å². The quantitative estimate of drug-likeness (QED) is 0.670. The van der Waals surface area contributed by atoms with Crippen molar-refractivity contribution in [2.75, 3.05) is 0 Å². The summed E-state index contributed by atoms with van der Waals surface area (Å²) in [5.41, 5.74) is 1.57. The molecule has 1 heterocycles. The van der Waals surface area contributed by atoms with Gasteiger partial charge in [-0.1, -0.05) is 30.3 Å². The number of halogens is 3. The average molecular weight is 349 g/mol. The Bertz CT molecular complexity index is 847. The predicted octanol–water partition coefficient (Wildman–Crippen LogP) is 5.04. The Morgan fingerprint density at radius 3 is 2.33 bits per heavy atom. The predicted molar refractivity (Wildman–Crippen MR) is 88.7 cm³/mol. The van der Waals surface area contributed by atoms with Crippen molar-refractivity contribution in [2.45, 2.75) is 23.4 Å². The van der Waals surface area contributed by atoms with Gasteiger partial charge in [0.25, 0.3) is 0 Å². The lowest BCUT2D eigenvalue weighted by Crippen LogP contribution is -2.04. The topological polar surface area (TPSA) is 33.1 Å². The highest BCUT2D eigenvalue weighted by molar-refractivity contribution is 7.98. The molecule has 3 rings (SSSR count). The zero-order valence-electron chi connectivity index (χ0n) is 12.5. The molecule has 2 aromatic carbocycles. The minimum absolute atomic E-state index is 0.00392. The molecule has 0 saturated carbocycles. The first-order chi connectivity index (χ1) is 11.5. The fourth-order valence-corrected chi connectivity index (χ4v) is 3.33. The summed E-state index contributed by atoms with van der Waals surface area (Å²) in [7, 11) is 0. The molecule has 0 saturated heterocycles. The van der Waals surface area contributed by atoms with Crippen molar-refractivity contribution in [3.05, 3.63) is 71.4 Å². The molecule has 0 aliphatic rings. The van der Waals surface area contributed by atoms with Gasteiger partial charge in [0, 0.05) is 22.2 Å². The van der Waals surface area contributed by atoms with Gasteiger partial charge in [0.15, 0.2) is 0 Å². The second kappa shape index (κ2) is 6.83. The van der Waals surface area contributed by atoms with E-state index in [1.807, 2.05) is 30.3 Å². The zero-order chi connectivity index (χ0) is 17.2. The highest BCUT2D eigenvalue weighted by atomic mass is 32.2. The maximum Gasteiger partial charge on any atom is 0.416 e. The van der Waals surface area contributed by atoms with Gasteiger partial charge in [-0.3, -0.25) is 4.98 Å². The van der Waals surface area contributed by atoms with Crippen molar-refractivity contribution in [3.63, 3.8) is 0 Å². The van der Waals surface area contributed by atoms with Gasteiger partial charge in [0.05, 0.1) is 17.7 Å². The van der Waals surface area contributed by atoms with Crippen molar-refractivity contribution in [1.29, 1.82) is 0 Å². The third-order valence-electron chi connectivity index (χ3n) is 3.63. The van der Waals surface area contributed by atoms with E-state index in [2.05, 4.69) is 4.98 Å². The molecule has 0 aliphatic heterocycles. The van der Waals surface area contributed by atoms with Crippen LogP contribution in [0.1, 0.15) is 16.7 Å². The summed E-state index contributed by atoms with van der Waals surface area (Å²) in [6, 6.07) is 13.0. The van der Waals surface area contributed by atoms with E-state index in [0.717, 1.165) is 28.2 Å². The van der Waals surface area contributed by atoms with E-state index < -0.39 is 11.7 Å². The number of benzene rings is 2. The van der Waals surface area contributed by atoms with E-state index in [-0.39, 0.29) is 6.61 Å². The molecule has 124 valence electrons. The Labute approximate surface area is 141 Å². The number of hydrogen-bond donors (Lipinski definition) is 1. The monoisotopic (exact) mass is 349 g/mol. The number of nitrogens with zero attached hydrogens (tertiary/aromatic N) is 1. The maximum absolute atomic E-state index is 12.8. The molecular formula is C18H14F3NOS. The summed E-state index contributed by atoms with van der Waals surface area (Å²) < 4.78 is 38.4. The molecule has 0 atom stereocenters. The SMILES string of the molecule is OCc1ccc(CSc2ccnc3cc(C(F)(F)F)ccc23)cc1. The van der Waals surface area contributed by atoms with Crippen LogP contribution >= 0.6 is 11.8 Å². The number of aromatic nitrogens is 1. The lowest BCUT2D eigenvalue weighted by molar-refractivity contribution is -0.137. The number of pyridine rings is 1. The summed E-state index contributed by atoms with van der Waals surface area (Å²) in [6.07, 6.45) is -2.84. The van der Waals surface area contributed by atoms with Crippen LogP contribution in [0.2, 0.25) is 0 Å². The van der Waals surface area contributed by atoms with E-state index in [4.69, 9.17) is 5.11 Å². The number of aliphatic hydroxyl groups is 1. The molecule has 0 unspecified atom stereocenters. The van der Waals surface area contributed by atoms with Crippen molar-refractivity contribution >= 4 is 22.7 Å². The molecule has 0 radical (unpaired) electrons. The first kappa shape index (κ1) is 16.8. The minimum atomic E-state index is -4.37. The Morgan fingerprint density at radius 2 is 1.67 bits per heavy atom. The van der Waals surface area contributed by atoms with Crippen LogP contribution in [0.5, 0.6) is 0 Å². The standard InChI is InChI=1S/C18H14F3NOS/c19-18(20,21)14-5-6-15-16(9-14)22-8-7-17(15)24-11-13-3-1-12(10-23)2-4-13/h1-9,23H,10-11H2. The molecule has 0 aliphatic carbocycles. The lowest BCUT2D eigenvalue weighted by Gasteiger charge is -2.10. The van der Waals surface area contributed by atoms with E-state index in [9.17, 15) is 13.2 Å². The summed E-state index contributed by atoms with van der Waals surface area (Å²) in [5, 5.41) is 9.75. The van der Waals surface area contributed by atoms with Gasteiger partial charge in [0.1, 0.15) is 0 Å². The molecule has 1 N–H and O–H groups in total. The highest BCUT2D eigenvalue weighted by Crippen LogP contribution is 2.34. The number of alkyl halides is 3. The Kier molecular flexibility index (Phi) is 4.78. The first-order valence-corrected chi connectivity index (χ1v) is 8.23. The third kappa shape index (κ3) is 3.71. The first-order valence-electron chi connectivity index (χ1n) is 7.25. The summed E-state index contributed by atoms with van der Waals surface area (Å²) in [5.74, 6) is 0.686. The summed E-state index contributed by atoms with van der Waals surface area (Å²) in [4.78, 5) is 4.94. The lowest BCUT2D eigenvalue weighted by atomic mass is 10.1. The van der Waals surface area contributed by atoms with E-state index in [1.54, 1.807) is 11.8 Å². The van der Waals surface area contributed by atoms with E-state index >= 15 is 0 Å². The van der Waals surface area contributed by atoms with Gasteiger partial charge in [-0.05, 0) is 29.3 Å². The molecule has 1 aromatic heterocycles. The van der Waals surface area contributed by atoms with Gasteiger partial charge in [0.2, 0.25) is 0 Å². The van der Waals surface area contributed by atoms with Gasteiger partial charge in [-0.15, -0.1) is 11.8 Å². The summed E-state index contributed by atoms with van der Waals surface area (Å²) >= 11 is 1.55. The number of thioether (sulfide) groups is 1. The van der Waals surface area contributed by atoms with Gasteiger partial charge in [-0.25, -0.2) is 0 Å². The third-order valence-corrected chi connectivity index (χ3v) is 4.77. The van der Waals surface area contributed by atoms with E-state index in [0.29, 0.717) is 16.7 Å². The van der Waals surface area contributed by atoms with E-state index in [1.165, 1.54) is 12.3 Å². The van der Waals surface area contributed by atoms with Crippen LogP contribution in [0.3, 0.4) is 0 Å². The summed E-state index contributed by atoms with van der Waals surface area (Å²) in [6.45, 7) is 0.00392. The molecule has 0 bridgehead atoms. The fourth-order valence-electron chi connectivity index (χ4n) is 2.33. The second-order valence-electron chi connectivity index (χ2n) is 5.30. The Morgan fingerprint density at radius 1 is 0.958 bits per heavy atom. The Balaban J connectivity index is 1.84. The van der Waals surface area contributed by atoms with Crippen molar-refractivity contribution in [3.8, 4) is 0 Å². The van der Waals surface area contributed by atoms with Crippen LogP contribution < -0.4 is 0 Å². The van der Waals surface area contributed by atoms with Crippen molar-refractivity contribution < 1.29 is 18.3 Å². The number of rotatable bonds is 4. The Hall–Kier alpha value is -2.05. The second-order valence-corrected chi connectivity index (χ2v) is 6.32. The van der Waals surface area contributed by atoms with Gasteiger partial charge >= 0.3 is 6.18 Å². The number of aliphatic hydroxyl groups excluding tert-OH is 1.